The second-order valence-electron chi connectivity index (χ2n) is 6.76. The molecule has 0 radical (unpaired) electrons. The summed E-state index contributed by atoms with van der Waals surface area (Å²) in [5.41, 5.74) is 2.41. The first-order valence-corrected chi connectivity index (χ1v) is 8.78. The van der Waals surface area contributed by atoms with E-state index in [1.165, 1.54) is 18.4 Å². The Balaban J connectivity index is 1.52. The topological polar surface area (TPSA) is 63.2 Å². The van der Waals surface area contributed by atoms with Gasteiger partial charge in [-0.1, -0.05) is 13.3 Å². The third kappa shape index (κ3) is 3.83. The summed E-state index contributed by atoms with van der Waals surface area (Å²) in [4.78, 5) is 16.6. The lowest BCUT2D eigenvalue weighted by molar-refractivity contribution is 0.00623. The number of nitrogens with one attached hydrogen (secondary N) is 2. The van der Waals surface area contributed by atoms with Crippen molar-refractivity contribution in [3.8, 4) is 0 Å². The van der Waals surface area contributed by atoms with Gasteiger partial charge in [0.15, 0.2) is 0 Å². The van der Waals surface area contributed by atoms with Crippen molar-refractivity contribution in [2.75, 3.05) is 13.2 Å². The molecule has 2 fully saturated rings. The van der Waals surface area contributed by atoms with E-state index in [1.54, 1.807) is 0 Å². The van der Waals surface area contributed by atoms with E-state index in [2.05, 4.69) is 28.6 Å². The maximum Gasteiger partial charge on any atom is 0.315 e. The van der Waals surface area contributed by atoms with Gasteiger partial charge in [0.05, 0.1) is 12.2 Å². The Bertz CT molecular complexity index is 541. The fourth-order valence-electron chi connectivity index (χ4n) is 3.97. The Morgan fingerprint density at radius 1 is 1.39 bits per heavy atom. The normalized spacial score (nSPS) is 22.9. The summed E-state index contributed by atoms with van der Waals surface area (Å²) in [5.74, 6) is 0. The van der Waals surface area contributed by atoms with Crippen molar-refractivity contribution in [1.29, 1.82) is 0 Å². The number of amides is 2. The maximum absolute atomic E-state index is 12.3. The Labute approximate surface area is 138 Å². The van der Waals surface area contributed by atoms with Gasteiger partial charge in [-0.2, -0.15) is 0 Å². The second-order valence-corrected chi connectivity index (χ2v) is 6.76. The molecule has 1 aromatic heterocycles. The Morgan fingerprint density at radius 2 is 2.22 bits per heavy atom. The second kappa shape index (κ2) is 7.30. The van der Waals surface area contributed by atoms with Gasteiger partial charge in [0.1, 0.15) is 0 Å². The molecule has 1 spiro atoms. The number of rotatable bonds is 4. The van der Waals surface area contributed by atoms with Crippen LogP contribution in [0.25, 0.3) is 0 Å². The van der Waals surface area contributed by atoms with Crippen LogP contribution in [0.5, 0.6) is 0 Å². The van der Waals surface area contributed by atoms with Gasteiger partial charge in [0, 0.05) is 25.5 Å². The predicted octanol–water partition coefficient (Wildman–Crippen LogP) is 2.79. The average molecular weight is 317 g/mol. The van der Waals surface area contributed by atoms with E-state index in [4.69, 9.17) is 4.74 Å². The summed E-state index contributed by atoms with van der Waals surface area (Å²) in [6.07, 6.45) is 8.41. The average Bonchev–Trinajstić information content (AvgIpc) is 2.95. The summed E-state index contributed by atoms with van der Waals surface area (Å²) in [6, 6.07) is 4.26. The quantitative estimate of drug-likeness (QED) is 0.897. The molecule has 5 heteroatoms. The van der Waals surface area contributed by atoms with Crippen LogP contribution in [0, 0.1) is 5.41 Å². The molecule has 5 nitrogen and oxygen atoms in total. The van der Waals surface area contributed by atoms with Crippen LogP contribution in [0.2, 0.25) is 0 Å². The molecule has 126 valence electrons. The smallest absolute Gasteiger partial charge is 0.315 e. The van der Waals surface area contributed by atoms with Crippen molar-refractivity contribution in [3.05, 3.63) is 29.6 Å². The lowest BCUT2D eigenvalue weighted by Gasteiger charge is -2.39. The third-order valence-corrected chi connectivity index (χ3v) is 5.42. The zero-order valence-electron chi connectivity index (χ0n) is 13.9. The minimum Gasteiger partial charge on any atom is -0.381 e. The lowest BCUT2D eigenvalue weighted by atomic mass is 9.75. The zero-order valence-corrected chi connectivity index (χ0v) is 13.9. The first-order chi connectivity index (χ1) is 11.2. The van der Waals surface area contributed by atoms with Crippen LogP contribution < -0.4 is 10.6 Å². The van der Waals surface area contributed by atoms with Gasteiger partial charge in [0.2, 0.25) is 0 Å². The summed E-state index contributed by atoms with van der Waals surface area (Å²) >= 11 is 0. The molecule has 0 aromatic carbocycles. The molecule has 2 N–H and O–H groups in total. The van der Waals surface area contributed by atoms with Crippen molar-refractivity contribution in [3.63, 3.8) is 0 Å². The minimum absolute atomic E-state index is 0.0773. The van der Waals surface area contributed by atoms with Crippen molar-refractivity contribution < 1.29 is 9.53 Å². The molecule has 0 bridgehead atoms. The fraction of sp³-hybridized carbons (Fsp3) is 0.667. The highest BCUT2D eigenvalue weighted by molar-refractivity contribution is 5.74. The molecule has 1 saturated heterocycles. The fourth-order valence-corrected chi connectivity index (χ4v) is 3.97. The highest BCUT2D eigenvalue weighted by Gasteiger charge is 2.44. The van der Waals surface area contributed by atoms with Gasteiger partial charge in [0.25, 0.3) is 0 Å². The van der Waals surface area contributed by atoms with Gasteiger partial charge in [-0.15, -0.1) is 0 Å². The minimum atomic E-state index is -0.0773. The Morgan fingerprint density at radius 3 is 3.00 bits per heavy atom. The summed E-state index contributed by atoms with van der Waals surface area (Å²) < 4.78 is 5.50. The molecule has 23 heavy (non-hydrogen) atoms. The highest BCUT2D eigenvalue weighted by Crippen LogP contribution is 2.45. The standard InChI is InChI=1S/C18H27N3O2/c1-2-14-5-9-19-15(12-14)13-20-17(22)21-16-4-3-6-18(16)7-10-23-11-8-18/h5,9,12,16H,2-4,6-8,10-11,13H2,1H3,(H2,20,21,22)/t16-/m0/s1. The number of hydrogen-bond acceptors (Lipinski definition) is 3. The number of carbonyl (C=O) groups excluding carboxylic acids is 1. The van der Waals surface area contributed by atoms with Crippen LogP contribution in [0.15, 0.2) is 18.3 Å². The zero-order chi connectivity index (χ0) is 16.1. The predicted molar refractivity (Wildman–Crippen MR) is 89.1 cm³/mol. The van der Waals surface area contributed by atoms with E-state index in [1.807, 2.05) is 12.3 Å². The van der Waals surface area contributed by atoms with Crippen LogP contribution in [-0.2, 0) is 17.7 Å². The van der Waals surface area contributed by atoms with Crippen LogP contribution >= 0.6 is 0 Å². The lowest BCUT2D eigenvalue weighted by Crippen LogP contribution is -2.50. The van der Waals surface area contributed by atoms with Gasteiger partial charge in [-0.05, 0) is 55.2 Å². The number of nitrogens with zero attached hydrogens (tertiary/aromatic N) is 1. The van der Waals surface area contributed by atoms with Crippen molar-refractivity contribution >= 4 is 6.03 Å². The van der Waals surface area contributed by atoms with Crippen molar-refractivity contribution in [2.24, 2.45) is 5.41 Å². The largest absolute Gasteiger partial charge is 0.381 e. The number of ether oxygens (including phenoxy) is 1. The van der Waals surface area contributed by atoms with E-state index in [0.29, 0.717) is 6.54 Å². The molecular formula is C18H27N3O2. The van der Waals surface area contributed by atoms with E-state index in [9.17, 15) is 4.79 Å². The molecule has 1 atom stereocenters. The summed E-state index contributed by atoms with van der Waals surface area (Å²) in [5, 5.41) is 6.16. The van der Waals surface area contributed by atoms with E-state index in [0.717, 1.165) is 44.6 Å². The molecule has 0 unspecified atom stereocenters. The van der Waals surface area contributed by atoms with Gasteiger partial charge < -0.3 is 15.4 Å². The Kier molecular flexibility index (Phi) is 5.16. The van der Waals surface area contributed by atoms with Crippen LogP contribution in [0.1, 0.15) is 50.3 Å². The molecule has 3 rings (SSSR count). The van der Waals surface area contributed by atoms with Gasteiger partial charge in [-0.25, -0.2) is 4.79 Å². The molecular weight excluding hydrogens is 290 g/mol. The number of aromatic nitrogens is 1. The molecule has 2 aliphatic rings. The monoisotopic (exact) mass is 317 g/mol. The summed E-state index contributed by atoms with van der Waals surface area (Å²) in [6.45, 7) is 4.25. The molecule has 1 aliphatic carbocycles. The van der Waals surface area contributed by atoms with Crippen LogP contribution in [0.3, 0.4) is 0 Å². The molecule has 2 heterocycles. The molecule has 2 amide bonds. The number of aryl methyl sites for hydroxylation is 1. The molecule has 1 aliphatic heterocycles. The SMILES string of the molecule is CCc1ccnc(CNC(=O)N[C@H]2CCCC23CCOCC3)c1. The van der Waals surface area contributed by atoms with Gasteiger partial charge >= 0.3 is 6.03 Å². The van der Waals surface area contributed by atoms with Gasteiger partial charge in [-0.3, -0.25) is 4.98 Å². The Hall–Kier alpha value is -1.62. The van der Waals surface area contributed by atoms with E-state index < -0.39 is 0 Å². The van der Waals surface area contributed by atoms with Crippen LogP contribution in [0.4, 0.5) is 4.79 Å². The van der Waals surface area contributed by atoms with Crippen molar-refractivity contribution in [1.82, 2.24) is 15.6 Å². The number of urea groups is 1. The molecule has 1 aromatic rings. The maximum atomic E-state index is 12.3. The number of carbonyl (C=O) groups is 1. The first kappa shape index (κ1) is 16.2. The summed E-state index contributed by atoms with van der Waals surface area (Å²) in [7, 11) is 0. The number of hydrogen-bond donors (Lipinski definition) is 2. The third-order valence-electron chi connectivity index (χ3n) is 5.42. The molecule has 1 saturated carbocycles. The van der Waals surface area contributed by atoms with E-state index >= 15 is 0 Å². The first-order valence-electron chi connectivity index (χ1n) is 8.78. The highest BCUT2D eigenvalue weighted by atomic mass is 16.5. The van der Waals surface area contributed by atoms with Crippen molar-refractivity contribution in [2.45, 2.75) is 58.0 Å². The number of pyridine rings is 1. The van der Waals surface area contributed by atoms with E-state index in [-0.39, 0.29) is 17.5 Å². The van der Waals surface area contributed by atoms with Crippen LogP contribution in [-0.4, -0.2) is 30.3 Å².